The molecule has 0 aromatic rings. The molecule has 0 saturated heterocycles. The smallest absolute Gasteiger partial charge is 0.331 e. The number of carbonyl (C=O) groups is 1. The molecule has 56 valence electrons. The Morgan fingerprint density at radius 1 is 1.40 bits per heavy atom. The number of carboxylic acids is 1. The molecule has 0 amide bonds. The van der Waals surface area contributed by atoms with Crippen LogP contribution in [0.2, 0.25) is 0 Å². The van der Waals surface area contributed by atoms with Gasteiger partial charge in [-0.25, -0.2) is 4.79 Å². The van der Waals surface area contributed by atoms with E-state index in [1.807, 2.05) is 0 Å². The highest BCUT2D eigenvalue weighted by Crippen LogP contribution is 1.99. The van der Waals surface area contributed by atoms with Crippen LogP contribution >= 0.6 is 0 Å². The molecule has 0 heterocycles. The third-order valence-corrected chi connectivity index (χ3v) is 0.833. The average molecular weight is 144 g/mol. The molecular formula is C6H8O4. The zero-order chi connectivity index (χ0) is 8.15. The maximum absolute atomic E-state index is 10.0. The fourth-order valence-electron chi connectivity index (χ4n) is 0.302. The first-order valence-corrected chi connectivity index (χ1v) is 2.53. The number of aliphatic hydroxyl groups excluding tert-OH is 1. The van der Waals surface area contributed by atoms with Crippen molar-refractivity contribution in [2.75, 3.05) is 0 Å². The Hall–Kier alpha value is -1.45. The van der Waals surface area contributed by atoms with Crippen molar-refractivity contribution < 1.29 is 20.1 Å². The number of allylic oxidation sites excluding steroid dienone is 1. The number of carboxylic acid groups (broad SMARTS) is 1. The first-order valence-electron chi connectivity index (χ1n) is 2.53. The lowest BCUT2D eigenvalue weighted by Crippen LogP contribution is -1.97. The SMILES string of the molecule is C=C(CC=C(O)O)C(=O)O. The second-order valence-corrected chi connectivity index (χ2v) is 1.68. The fourth-order valence-corrected chi connectivity index (χ4v) is 0.302. The van der Waals surface area contributed by atoms with E-state index in [-0.39, 0.29) is 12.0 Å². The second-order valence-electron chi connectivity index (χ2n) is 1.68. The standard InChI is InChI=1S/C6H8O4/c1-4(6(9)10)2-3-5(7)8/h3,7-8H,1-2H2,(H,9,10). The Morgan fingerprint density at radius 3 is 2.20 bits per heavy atom. The molecular weight excluding hydrogens is 136 g/mol. The molecule has 0 aliphatic heterocycles. The van der Waals surface area contributed by atoms with Crippen LogP contribution in [0.1, 0.15) is 6.42 Å². The molecule has 0 aliphatic rings. The maximum Gasteiger partial charge on any atom is 0.331 e. The van der Waals surface area contributed by atoms with Gasteiger partial charge in [0, 0.05) is 18.1 Å². The molecule has 0 unspecified atom stereocenters. The lowest BCUT2D eigenvalue weighted by atomic mass is 10.2. The van der Waals surface area contributed by atoms with Crippen molar-refractivity contribution in [3.63, 3.8) is 0 Å². The highest BCUT2D eigenvalue weighted by molar-refractivity contribution is 5.85. The first-order chi connectivity index (χ1) is 4.54. The van der Waals surface area contributed by atoms with E-state index >= 15 is 0 Å². The largest absolute Gasteiger partial charge is 0.481 e. The van der Waals surface area contributed by atoms with Gasteiger partial charge in [0.05, 0.1) is 0 Å². The molecule has 0 aliphatic carbocycles. The van der Waals surface area contributed by atoms with Crippen LogP contribution in [0.5, 0.6) is 0 Å². The molecule has 0 bridgehead atoms. The second kappa shape index (κ2) is 3.55. The first kappa shape index (κ1) is 8.55. The number of aliphatic carboxylic acids is 1. The summed E-state index contributed by atoms with van der Waals surface area (Å²) in [5, 5.41) is 24.5. The van der Waals surface area contributed by atoms with Gasteiger partial charge in [-0.05, 0) is 0 Å². The molecule has 0 fully saturated rings. The quantitative estimate of drug-likeness (QED) is 0.407. The summed E-state index contributed by atoms with van der Waals surface area (Å²) in [5.74, 6) is -2.03. The van der Waals surface area contributed by atoms with Crippen molar-refractivity contribution in [3.05, 3.63) is 24.2 Å². The summed E-state index contributed by atoms with van der Waals surface area (Å²) in [6, 6.07) is 0. The molecule has 4 nitrogen and oxygen atoms in total. The van der Waals surface area contributed by atoms with E-state index < -0.39 is 11.9 Å². The highest BCUT2D eigenvalue weighted by atomic mass is 16.5. The van der Waals surface area contributed by atoms with Crippen molar-refractivity contribution in [1.29, 1.82) is 0 Å². The van der Waals surface area contributed by atoms with Gasteiger partial charge >= 0.3 is 5.97 Å². The molecule has 3 N–H and O–H groups in total. The van der Waals surface area contributed by atoms with E-state index in [9.17, 15) is 4.79 Å². The van der Waals surface area contributed by atoms with E-state index in [2.05, 4.69) is 6.58 Å². The third-order valence-electron chi connectivity index (χ3n) is 0.833. The van der Waals surface area contributed by atoms with Gasteiger partial charge in [0.15, 0.2) is 0 Å². The minimum absolute atomic E-state index is 0.0579. The van der Waals surface area contributed by atoms with E-state index in [1.165, 1.54) is 0 Å². The van der Waals surface area contributed by atoms with Crippen LogP contribution < -0.4 is 0 Å². The molecule has 0 rings (SSSR count). The molecule has 0 aromatic carbocycles. The van der Waals surface area contributed by atoms with Gasteiger partial charge in [0.25, 0.3) is 5.95 Å². The molecule has 0 atom stereocenters. The Labute approximate surface area is 57.7 Å². The van der Waals surface area contributed by atoms with Crippen molar-refractivity contribution in [2.24, 2.45) is 0 Å². The summed E-state index contributed by atoms with van der Waals surface area (Å²) < 4.78 is 0. The lowest BCUT2D eigenvalue weighted by molar-refractivity contribution is -0.132. The van der Waals surface area contributed by atoms with Gasteiger partial charge in [0.1, 0.15) is 0 Å². The zero-order valence-corrected chi connectivity index (χ0v) is 5.24. The van der Waals surface area contributed by atoms with Gasteiger partial charge in [-0.2, -0.15) is 0 Å². The average Bonchev–Trinajstić information content (AvgIpc) is 1.82. The van der Waals surface area contributed by atoms with Crippen LogP contribution in [0.3, 0.4) is 0 Å². The van der Waals surface area contributed by atoms with Crippen molar-refractivity contribution in [3.8, 4) is 0 Å². The van der Waals surface area contributed by atoms with Crippen molar-refractivity contribution in [2.45, 2.75) is 6.42 Å². The van der Waals surface area contributed by atoms with E-state index in [4.69, 9.17) is 15.3 Å². The topological polar surface area (TPSA) is 77.8 Å². The Morgan fingerprint density at radius 2 is 1.90 bits per heavy atom. The minimum atomic E-state index is -1.14. The Kier molecular flexibility index (Phi) is 3.04. The minimum Gasteiger partial charge on any atom is -0.481 e. The number of rotatable bonds is 3. The van der Waals surface area contributed by atoms with Crippen LogP contribution in [-0.2, 0) is 4.79 Å². The van der Waals surface area contributed by atoms with Gasteiger partial charge in [-0.1, -0.05) is 6.58 Å². The summed E-state index contributed by atoms with van der Waals surface area (Å²) in [6.07, 6.45) is 0.897. The van der Waals surface area contributed by atoms with Gasteiger partial charge in [-0.15, -0.1) is 0 Å². The summed E-state index contributed by atoms with van der Waals surface area (Å²) in [5.41, 5.74) is -0.0828. The number of aliphatic hydroxyl groups is 2. The molecule has 0 spiro atoms. The highest BCUT2D eigenvalue weighted by Gasteiger charge is 2.00. The van der Waals surface area contributed by atoms with E-state index in [0.717, 1.165) is 6.08 Å². The molecule has 0 radical (unpaired) electrons. The monoisotopic (exact) mass is 144 g/mol. The Bertz CT molecular complexity index is 176. The van der Waals surface area contributed by atoms with Crippen LogP contribution in [0.25, 0.3) is 0 Å². The van der Waals surface area contributed by atoms with Crippen LogP contribution in [0.4, 0.5) is 0 Å². The molecule has 4 heteroatoms. The zero-order valence-electron chi connectivity index (χ0n) is 5.24. The Balaban J connectivity index is 3.83. The van der Waals surface area contributed by atoms with E-state index in [1.54, 1.807) is 0 Å². The molecule has 0 saturated carbocycles. The molecule has 10 heavy (non-hydrogen) atoms. The summed E-state index contributed by atoms with van der Waals surface area (Å²) >= 11 is 0. The van der Waals surface area contributed by atoms with Gasteiger partial charge in [-0.3, -0.25) is 0 Å². The molecule has 0 aromatic heterocycles. The van der Waals surface area contributed by atoms with Crippen molar-refractivity contribution in [1.82, 2.24) is 0 Å². The van der Waals surface area contributed by atoms with Gasteiger partial charge < -0.3 is 15.3 Å². The summed E-state index contributed by atoms with van der Waals surface area (Å²) in [4.78, 5) is 10.0. The van der Waals surface area contributed by atoms with Crippen molar-refractivity contribution >= 4 is 5.97 Å². The number of hydrogen-bond donors (Lipinski definition) is 3. The van der Waals surface area contributed by atoms with Crippen LogP contribution in [0, 0.1) is 0 Å². The predicted molar refractivity (Wildman–Crippen MR) is 34.7 cm³/mol. The van der Waals surface area contributed by atoms with Gasteiger partial charge in [0.2, 0.25) is 0 Å². The number of hydrogen-bond acceptors (Lipinski definition) is 3. The normalized spacial score (nSPS) is 8.40. The predicted octanol–water partition coefficient (Wildman–Crippen LogP) is 0.975. The third kappa shape index (κ3) is 3.54. The van der Waals surface area contributed by atoms with E-state index in [0.29, 0.717) is 0 Å². The maximum atomic E-state index is 10.0. The van der Waals surface area contributed by atoms with Crippen LogP contribution in [-0.4, -0.2) is 21.3 Å². The summed E-state index contributed by atoms with van der Waals surface area (Å²) in [7, 11) is 0. The fraction of sp³-hybridized carbons (Fsp3) is 0.167. The van der Waals surface area contributed by atoms with Crippen LogP contribution in [0.15, 0.2) is 24.2 Å². The summed E-state index contributed by atoms with van der Waals surface area (Å²) in [6.45, 7) is 3.16. The lowest BCUT2D eigenvalue weighted by Gasteiger charge is -1.91.